The van der Waals surface area contributed by atoms with E-state index in [1.54, 1.807) is 12.1 Å². The Hall–Kier alpha value is -2.36. The zero-order valence-corrected chi connectivity index (χ0v) is 14.9. The normalized spacial score (nSPS) is 19.4. The summed E-state index contributed by atoms with van der Waals surface area (Å²) in [5, 5.41) is 2.85. The molecule has 2 aromatic rings. The molecule has 0 aromatic heterocycles. The first kappa shape index (κ1) is 17.5. The van der Waals surface area contributed by atoms with E-state index in [9.17, 15) is 9.18 Å². The first-order valence-corrected chi connectivity index (χ1v) is 8.64. The molecule has 1 amide bonds. The number of halogens is 1. The van der Waals surface area contributed by atoms with Crippen molar-refractivity contribution in [3.05, 3.63) is 59.9 Å². The molecule has 0 heterocycles. The lowest BCUT2D eigenvalue weighted by atomic mass is 10.0. The van der Waals surface area contributed by atoms with Crippen LogP contribution in [-0.4, -0.2) is 18.2 Å². The monoisotopic (exact) mass is 341 g/mol. The second kappa shape index (κ2) is 6.87. The number of carbonyl (C=O) groups is 1. The van der Waals surface area contributed by atoms with Gasteiger partial charge in [0.1, 0.15) is 11.4 Å². The summed E-state index contributed by atoms with van der Waals surface area (Å²) in [6, 6.07) is 14.9. The molecule has 2 unspecified atom stereocenters. The van der Waals surface area contributed by atoms with Gasteiger partial charge in [0.05, 0.1) is 0 Å². The van der Waals surface area contributed by atoms with E-state index in [0.29, 0.717) is 18.4 Å². The highest BCUT2D eigenvalue weighted by Crippen LogP contribution is 2.47. The summed E-state index contributed by atoms with van der Waals surface area (Å²) < 4.78 is 18.3. The second-order valence-corrected chi connectivity index (χ2v) is 7.61. The Kier molecular flexibility index (Phi) is 4.80. The Morgan fingerprint density at radius 2 is 1.64 bits per heavy atom. The van der Waals surface area contributed by atoms with E-state index in [2.05, 4.69) is 29.6 Å². The van der Waals surface area contributed by atoms with Crippen LogP contribution in [0.25, 0.3) is 11.1 Å². The predicted molar refractivity (Wildman–Crippen MR) is 96.9 cm³/mol. The summed E-state index contributed by atoms with van der Waals surface area (Å²) in [6.07, 6.45) is 0.718. The molecule has 132 valence electrons. The van der Waals surface area contributed by atoms with Gasteiger partial charge in [-0.25, -0.2) is 9.18 Å². The molecule has 1 fully saturated rings. The van der Waals surface area contributed by atoms with Gasteiger partial charge >= 0.3 is 6.09 Å². The number of amides is 1. The van der Waals surface area contributed by atoms with E-state index in [4.69, 9.17) is 4.74 Å². The first-order valence-electron chi connectivity index (χ1n) is 8.64. The number of nitrogens with one attached hydrogen (secondary N) is 1. The van der Waals surface area contributed by atoms with Gasteiger partial charge < -0.3 is 10.1 Å². The maximum absolute atomic E-state index is 13.0. The minimum Gasteiger partial charge on any atom is -0.444 e. The highest BCUT2D eigenvalue weighted by atomic mass is 19.1. The zero-order valence-electron chi connectivity index (χ0n) is 14.9. The number of hydrogen-bond acceptors (Lipinski definition) is 2. The van der Waals surface area contributed by atoms with Crippen molar-refractivity contribution < 1.29 is 13.9 Å². The highest BCUT2D eigenvalue weighted by molar-refractivity contribution is 5.67. The molecule has 0 saturated heterocycles. The smallest absolute Gasteiger partial charge is 0.407 e. The third-order valence-electron chi connectivity index (χ3n) is 4.35. The Bertz CT molecular complexity index is 732. The van der Waals surface area contributed by atoms with Crippen LogP contribution in [0.15, 0.2) is 48.5 Å². The average molecular weight is 341 g/mol. The molecule has 1 aliphatic rings. The van der Waals surface area contributed by atoms with Crippen molar-refractivity contribution in [3.8, 4) is 11.1 Å². The van der Waals surface area contributed by atoms with Crippen molar-refractivity contribution in [2.75, 3.05) is 6.54 Å². The van der Waals surface area contributed by atoms with Crippen LogP contribution in [0.1, 0.15) is 38.7 Å². The molecule has 0 spiro atoms. The van der Waals surface area contributed by atoms with Crippen LogP contribution < -0.4 is 5.32 Å². The summed E-state index contributed by atoms with van der Waals surface area (Å²) in [7, 11) is 0. The fourth-order valence-electron chi connectivity index (χ4n) is 2.98. The summed E-state index contributed by atoms with van der Waals surface area (Å²) in [6.45, 7) is 6.21. The van der Waals surface area contributed by atoms with E-state index in [1.165, 1.54) is 17.7 Å². The van der Waals surface area contributed by atoms with Gasteiger partial charge in [-0.2, -0.15) is 0 Å². The molecule has 1 N–H and O–H groups in total. The van der Waals surface area contributed by atoms with Crippen LogP contribution in [0, 0.1) is 11.7 Å². The minimum atomic E-state index is -0.469. The Morgan fingerprint density at radius 1 is 1.08 bits per heavy atom. The van der Waals surface area contributed by atoms with Gasteiger partial charge in [-0.05, 0) is 67.9 Å². The maximum Gasteiger partial charge on any atom is 0.407 e. The van der Waals surface area contributed by atoms with Crippen LogP contribution in [0.3, 0.4) is 0 Å². The number of rotatable bonds is 4. The Balaban J connectivity index is 1.52. The second-order valence-electron chi connectivity index (χ2n) is 7.61. The molecule has 3 nitrogen and oxygen atoms in total. The van der Waals surface area contributed by atoms with Crippen LogP contribution in [0.5, 0.6) is 0 Å². The van der Waals surface area contributed by atoms with Crippen LogP contribution in [0.4, 0.5) is 9.18 Å². The van der Waals surface area contributed by atoms with Crippen molar-refractivity contribution in [3.63, 3.8) is 0 Å². The molecule has 0 aliphatic heterocycles. The minimum absolute atomic E-state index is 0.223. The van der Waals surface area contributed by atoms with Crippen molar-refractivity contribution >= 4 is 6.09 Å². The summed E-state index contributed by atoms with van der Waals surface area (Å²) in [5.41, 5.74) is 2.89. The van der Waals surface area contributed by atoms with Gasteiger partial charge in [-0.3, -0.25) is 0 Å². The number of benzene rings is 2. The third-order valence-corrected chi connectivity index (χ3v) is 4.35. The van der Waals surface area contributed by atoms with Gasteiger partial charge in [-0.15, -0.1) is 0 Å². The van der Waals surface area contributed by atoms with Gasteiger partial charge in [0.25, 0.3) is 0 Å². The topological polar surface area (TPSA) is 38.3 Å². The van der Waals surface area contributed by atoms with Crippen molar-refractivity contribution in [2.45, 2.75) is 38.7 Å². The molecule has 2 aromatic carbocycles. The van der Waals surface area contributed by atoms with Crippen LogP contribution in [0.2, 0.25) is 0 Å². The van der Waals surface area contributed by atoms with Crippen molar-refractivity contribution in [1.29, 1.82) is 0 Å². The average Bonchev–Trinajstić information content (AvgIpc) is 3.32. The number of alkyl carbamates (subject to hydrolysis) is 1. The molecule has 4 heteroatoms. The Labute approximate surface area is 148 Å². The maximum atomic E-state index is 13.0. The summed E-state index contributed by atoms with van der Waals surface area (Å²) >= 11 is 0. The van der Waals surface area contributed by atoms with Crippen LogP contribution >= 0.6 is 0 Å². The molecular weight excluding hydrogens is 317 g/mol. The van der Waals surface area contributed by atoms with Crippen LogP contribution in [-0.2, 0) is 4.74 Å². The lowest BCUT2D eigenvalue weighted by Gasteiger charge is -2.19. The quantitative estimate of drug-likeness (QED) is 0.838. The summed E-state index contributed by atoms with van der Waals surface area (Å²) in [5.74, 6) is 0.722. The van der Waals surface area contributed by atoms with Gasteiger partial charge in [-0.1, -0.05) is 36.4 Å². The van der Waals surface area contributed by atoms with Gasteiger partial charge in [0.15, 0.2) is 0 Å². The number of ether oxygens (including phenoxy) is 1. The lowest BCUT2D eigenvalue weighted by Crippen LogP contribution is -2.33. The number of hydrogen-bond donors (Lipinski definition) is 1. The number of carbonyl (C=O) groups excluding carboxylic acids is 1. The predicted octanol–water partition coefficient (Wildman–Crippen LogP) is 5.12. The molecule has 0 radical (unpaired) electrons. The van der Waals surface area contributed by atoms with E-state index in [0.717, 1.165) is 17.5 Å². The van der Waals surface area contributed by atoms with E-state index >= 15 is 0 Å². The zero-order chi connectivity index (χ0) is 18.0. The molecular formula is C21H24FNO2. The molecule has 1 aliphatic carbocycles. The molecule has 25 heavy (non-hydrogen) atoms. The van der Waals surface area contributed by atoms with E-state index < -0.39 is 5.60 Å². The molecule has 0 bridgehead atoms. The third kappa shape index (κ3) is 4.81. The van der Waals surface area contributed by atoms with Crippen molar-refractivity contribution in [1.82, 2.24) is 5.32 Å². The van der Waals surface area contributed by atoms with Gasteiger partial charge in [0.2, 0.25) is 0 Å². The molecule has 3 rings (SSSR count). The van der Waals surface area contributed by atoms with E-state index in [-0.39, 0.29) is 11.9 Å². The van der Waals surface area contributed by atoms with Gasteiger partial charge in [0, 0.05) is 6.54 Å². The van der Waals surface area contributed by atoms with E-state index in [1.807, 2.05) is 20.8 Å². The van der Waals surface area contributed by atoms with Crippen molar-refractivity contribution in [2.24, 2.45) is 5.92 Å². The fourth-order valence-corrected chi connectivity index (χ4v) is 2.98. The largest absolute Gasteiger partial charge is 0.444 e. The SMILES string of the molecule is CC(C)(C)OC(=O)NCC1CC1c1ccc(-c2ccc(F)cc2)cc1. The lowest BCUT2D eigenvalue weighted by molar-refractivity contribution is 0.0525. The first-order chi connectivity index (χ1) is 11.8. The standard InChI is InChI=1S/C21H24FNO2/c1-21(2,3)25-20(24)23-13-17-12-19(17)16-6-4-14(5-7-16)15-8-10-18(22)11-9-15/h4-11,17,19H,12-13H2,1-3H3,(H,23,24). The fraction of sp³-hybridized carbons (Fsp3) is 0.381. The molecule has 1 saturated carbocycles. The highest BCUT2D eigenvalue weighted by Gasteiger charge is 2.38. The summed E-state index contributed by atoms with van der Waals surface area (Å²) in [4.78, 5) is 11.7. The molecule has 2 atom stereocenters. The Morgan fingerprint density at radius 3 is 2.20 bits per heavy atom.